The minimum absolute atomic E-state index is 0.103. The highest BCUT2D eigenvalue weighted by Gasteiger charge is 2.16. The first-order valence-electron chi connectivity index (χ1n) is 6.30. The zero-order valence-electron chi connectivity index (χ0n) is 10.5. The van der Waals surface area contributed by atoms with Gasteiger partial charge < -0.3 is 10.2 Å². The van der Waals surface area contributed by atoms with Crippen LogP contribution in [0.4, 0.5) is 0 Å². The van der Waals surface area contributed by atoms with E-state index in [-0.39, 0.29) is 11.9 Å². The summed E-state index contributed by atoms with van der Waals surface area (Å²) < 4.78 is 0.879. The molecule has 0 aliphatic carbocycles. The highest BCUT2D eigenvalue weighted by atomic mass is 79.9. The molecule has 1 unspecified atom stereocenters. The maximum absolute atomic E-state index is 11.9. The van der Waals surface area contributed by atoms with Gasteiger partial charge in [0.2, 0.25) is 0 Å². The predicted octanol–water partition coefficient (Wildman–Crippen LogP) is 2.06. The van der Waals surface area contributed by atoms with E-state index in [0.29, 0.717) is 5.69 Å². The Balaban J connectivity index is 1.84. The van der Waals surface area contributed by atoms with E-state index in [1.54, 1.807) is 12.3 Å². The van der Waals surface area contributed by atoms with Crippen molar-refractivity contribution in [2.45, 2.75) is 25.8 Å². The van der Waals surface area contributed by atoms with Crippen LogP contribution >= 0.6 is 15.9 Å². The SMILES string of the molecule is CC(CN1CCCC1)NC(=O)c1ccc(Br)cn1. The van der Waals surface area contributed by atoms with Crippen LogP contribution in [0.25, 0.3) is 0 Å². The summed E-state index contributed by atoms with van der Waals surface area (Å²) in [5.41, 5.74) is 0.464. The van der Waals surface area contributed by atoms with Gasteiger partial charge in [-0.2, -0.15) is 0 Å². The van der Waals surface area contributed by atoms with Crippen LogP contribution in [-0.4, -0.2) is 41.5 Å². The Morgan fingerprint density at radius 3 is 2.83 bits per heavy atom. The van der Waals surface area contributed by atoms with Gasteiger partial charge in [0.05, 0.1) is 0 Å². The smallest absolute Gasteiger partial charge is 0.270 e. The second-order valence-corrected chi connectivity index (χ2v) is 5.66. The summed E-state index contributed by atoms with van der Waals surface area (Å²) in [6.07, 6.45) is 4.18. The minimum atomic E-state index is -0.103. The molecular weight excluding hydrogens is 294 g/mol. The van der Waals surface area contributed by atoms with E-state index in [9.17, 15) is 4.79 Å². The van der Waals surface area contributed by atoms with Gasteiger partial charge in [-0.25, -0.2) is 4.98 Å². The lowest BCUT2D eigenvalue weighted by atomic mass is 10.2. The molecule has 1 N–H and O–H groups in total. The number of hydrogen-bond donors (Lipinski definition) is 1. The molecule has 2 heterocycles. The zero-order valence-corrected chi connectivity index (χ0v) is 12.1. The molecule has 1 aliphatic heterocycles. The van der Waals surface area contributed by atoms with Gasteiger partial charge in [0.25, 0.3) is 5.91 Å². The molecule has 2 rings (SSSR count). The van der Waals surface area contributed by atoms with Crippen LogP contribution in [0.3, 0.4) is 0 Å². The zero-order chi connectivity index (χ0) is 13.0. The van der Waals surface area contributed by atoms with Crippen molar-refractivity contribution in [3.63, 3.8) is 0 Å². The number of nitrogens with one attached hydrogen (secondary N) is 1. The van der Waals surface area contributed by atoms with Crippen LogP contribution in [0.15, 0.2) is 22.8 Å². The van der Waals surface area contributed by atoms with Crippen molar-refractivity contribution in [3.05, 3.63) is 28.5 Å². The summed E-state index contributed by atoms with van der Waals surface area (Å²) >= 11 is 3.30. The highest BCUT2D eigenvalue weighted by molar-refractivity contribution is 9.10. The average Bonchev–Trinajstić information content (AvgIpc) is 2.82. The standard InChI is InChI=1S/C13H18BrN3O/c1-10(9-17-6-2-3-7-17)16-13(18)12-5-4-11(14)8-15-12/h4-5,8,10H,2-3,6-7,9H2,1H3,(H,16,18). The van der Waals surface area contributed by atoms with E-state index >= 15 is 0 Å². The van der Waals surface area contributed by atoms with Crippen molar-refractivity contribution in [3.8, 4) is 0 Å². The maximum Gasteiger partial charge on any atom is 0.270 e. The fourth-order valence-corrected chi connectivity index (χ4v) is 2.44. The molecule has 4 nitrogen and oxygen atoms in total. The maximum atomic E-state index is 11.9. The van der Waals surface area contributed by atoms with Crippen molar-refractivity contribution in [1.82, 2.24) is 15.2 Å². The van der Waals surface area contributed by atoms with Gasteiger partial charge in [0.15, 0.2) is 0 Å². The molecule has 18 heavy (non-hydrogen) atoms. The summed E-state index contributed by atoms with van der Waals surface area (Å²) in [6, 6.07) is 3.70. The number of likely N-dealkylation sites (tertiary alicyclic amines) is 1. The quantitative estimate of drug-likeness (QED) is 0.925. The van der Waals surface area contributed by atoms with Crippen LogP contribution in [-0.2, 0) is 0 Å². The number of amides is 1. The van der Waals surface area contributed by atoms with Crippen LogP contribution < -0.4 is 5.32 Å². The average molecular weight is 312 g/mol. The summed E-state index contributed by atoms with van der Waals surface area (Å²) in [4.78, 5) is 18.4. The van der Waals surface area contributed by atoms with Crippen LogP contribution in [0, 0.1) is 0 Å². The van der Waals surface area contributed by atoms with Crippen LogP contribution in [0.5, 0.6) is 0 Å². The number of aromatic nitrogens is 1. The first-order valence-corrected chi connectivity index (χ1v) is 7.09. The molecule has 1 aromatic heterocycles. The number of halogens is 1. The monoisotopic (exact) mass is 311 g/mol. The van der Waals surface area contributed by atoms with Gasteiger partial charge in [-0.15, -0.1) is 0 Å². The van der Waals surface area contributed by atoms with Gasteiger partial charge in [0, 0.05) is 23.3 Å². The number of carbonyl (C=O) groups is 1. The third-order valence-corrected chi connectivity index (χ3v) is 3.54. The third kappa shape index (κ3) is 3.78. The van der Waals surface area contributed by atoms with Crippen molar-refractivity contribution in [2.24, 2.45) is 0 Å². The summed E-state index contributed by atoms with van der Waals surface area (Å²) in [5.74, 6) is -0.103. The number of carbonyl (C=O) groups excluding carboxylic acids is 1. The van der Waals surface area contributed by atoms with E-state index in [2.05, 4.69) is 31.1 Å². The molecule has 0 spiro atoms. The summed E-state index contributed by atoms with van der Waals surface area (Å²) in [7, 11) is 0. The third-order valence-electron chi connectivity index (χ3n) is 3.07. The fraction of sp³-hybridized carbons (Fsp3) is 0.538. The second-order valence-electron chi connectivity index (χ2n) is 4.74. The number of nitrogens with zero attached hydrogens (tertiary/aromatic N) is 2. The summed E-state index contributed by atoms with van der Waals surface area (Å²) in [5, 5.41) is 2.98. The van der Waals surface area contributed by atoms with Crippen molar-refractivity contribution in [1.29, 1.82) is 0 Å². The van der Waals surface area contributed by atoms with Crippen molar-refractivity contribution < 1.29 is 4.79 Å². The molecule has 1 aliphatic rings. The van der Waals surface area contributed by atoms with Gasteiger partial charge in [0.1, 0.15) is 5.69 Å². The van der Waals surface area contributed by atoms with E-state index in [0.717, 1.165) is 24.1 Å². The molecule has 0 radical (unpaired) electrons. The lowest BCUT2D eigenvalue weighted by Gasteiger charge is -2.20. The second kappa shape index (κ2) is 6.29. The molecule has 1 amide bonds. The van der Waals surface area contributed by atoms with Crippen LogP contribution in [0.2, 0.25) is 0 Å². The number of pyridine rings is 1. The Labute approximate surface area is 116 Å². The topological polar surface area (TPSA) is 45.2 Å². The van der Waals surface area contributed by atoms with E-state index in [1.165, 1.54) is 12.8 Å². The molecule has 0 bridgehead atoms. The Morgan fingerprint density at radius 1 is 1.50 bits per heavy atom. The number of hydrogen-bond acceptors (Lipinski definition) is 3. The van der Waals surface area contributed by atoms with Gasteiger partial charge in [-0.3, -0.25) is 4.79 Å². The summed E-state index contributed by atoms with van der Waals surface area (Å²) in [6.45, 7) is 5.25. The first kappa shape index (κ1) is 13.5. The largest absolute Gasteiger partial charge is 0.347 e. The highest BCUT2D eigenvalue weighted by Crippen LogP contribution is 2.09. The lowest BCUT2D eigenvalue weighted by Crippen LogP contribution is -2.41. The molecule has 1 aromatic rings. The molecule has 1 atom stereocenters. The fourth-order valence-electron chi connectivity index (χ4n) is 2.21. The number of rotatable bonds is 4. The minimum Gasteiger partial charge on any atom is -0.347 e. The predicted molar refractivity (Wildman–Crippen MR) is 74.5 cm³/mol. The normalized spacial score (nSPS) is 17.7. The lowest BCUT2D eigenvalue weighted by molar-refractivity contribution is 0.0927. The Hall–Kier alpha value is -0.940. The van der Waals surface area contributed by atoms with E-state index in [4.69, 9.17) is 0 Å². The Bertz CT molecular complexity index is 401. The Morgan fingerprint density at radius 2 is 2.22 bits per heavy atom. The van der Waals surface area contributed by atoms with Gasteiger partial charge in [-0.1, -0.05) is 0 Å². The molecule has 1 saturated heterocycles. The van der Waals surface area contributed by atoms with Gasteiger partial charge >= 0.3 is 0 Å². The molecule has 5 heteroatoms. The molecule has 0 saturated carbocycles. The van der Waals surface area contributed by atoms with Crippen LogP contribution in [0.1, 0.15) is 30.3 Å². The molecular formula is C13H18BrN3O. The van der Waals surface area contributed by atoms with E-state index < -0.39 is 0 Å². The first-order chi connectivity index (χ1) is 8.65. The Kier molecular flexibility index (Phi) is 4.72. The van der Waals surface area contributed by atoms with Gasteiger partial charge in [-0.05, 0) is 60.9 Å². The van der Waals surface area contributed by atoms with Crippen molar-refractivity contribution >= 4 is 21.8 Å². The molecule has 1 fully saturated rings. The molecule has 0 aromatic carbocycles. The van der Waals surface area contributed by atoms with E-state index in [1.807, 2.05) is 13.0 Å². The molecule has 98 valence electrons. The van der Waals surface area contributed by atoms with Crippen molar-refractivity contribution in [2.75, 3.05) is 19.6 Å².